The SMILES string of the molecule is CCC[C@H](CC(=O)N[C@H](C(=O)O)[C@@H](C)CC)NC(=O)OCC1c2ccccc2-c2ccccc21. The summed E-state index contributed by atoms with van der Waals surface area (Å²) >= 11 is 0. The van der Waals surface area contributed by atoms with E-state index in [1.165, 1.54) is 0 Å². The van der Waals surface area contributed by atoms with Crippen molar-refractivity contribution in [2.75, 3.05) is 6.61 Å². The Bertz CT molecular complexity index is 976. The Morgan fingerprint density at radius 1 is 0.971 bits per heavy atom. The molecule has 3 rings (SSSR count). The molecule has 0 radical (unpaired) electrons. The van der Waals surface area contributed by atoms with Gasteiger partial charge in [0.25, 0.3) is 0 Å². The van der Waals surface area contributed by atoms with E-state index in [-0.39, 0.29) is 24.9 Å². The Labute approximate surface area is 200 Å². The second-order valence-corrected chi connectivity index (χ2v) is 8.93. The van der Waals surface area contributed by atoms with Gasteiger partial charge >= 0.3 is 12.1 Å². The predicted octanol–water partition coefficient (Wildman–Crippen LogP) is 4.70. The van der Waals surface area contributed by atoms with Gasteiger partial charge in [-0.25, -0.2) is 9.59 Å². The molecule has 2 amide bonds. The van der Waals surface area contributed by atoms with Crippen LogP contribution in [-0.4, -0.2) is 41.8 Å². The van der Waals surface area contributed by atoms with E-state index in [0.29, 0.717) is 12.8 Å². The maximum atomic E-state index is 12.6. The molecule has 0 saturated carbocycles. The summed E-state index contributed by atoms with van der Waals surface area (Å²) in [5.74, 6) is -1.69. The lowest BCUT2D eigenvalue weighted by atomic mass is 9.98. The van der Waals surface area contributed by atoms with E-state index in [9.17, 15) is 19.5 Å². The van der Waals surface area contributed by atoms with E-state index in [0.717, 1.165) is 28.7 Å². The first-order chi connectivity index (χ1) is 16.3. The average molecular weight is 467 g/mol. The molecule has 0 spiro atoms. The molecule has 0 saturated heterocycles. The minimum Gasteiger partial charge on any atom is -0.480 e. The van der Waals surface area contributed by atoms with Gasteiger partial charge in [-0.15, -0.1) is 0 Å². The highest BCUT2D eigenvalue weighted by Gasteiger charge is 2.30. The van der Waals surface area contributed by atoms with E-state index in [4.69, 9.17) is 4.74 Å². The summed E-state index contributed by atoms with van der Waals surface area (Å²) in [5.41, 5.74) is 4.57. The number of aliphatic carboxylic acids is 1. The number of fused-ring (bicyclic) bond motifs is 3. The number of ether oxygens (including phenoxy) is 1. The topological polar surface area (TPSA) is 105 Å². The quantitative estimate of drug-likeness (QED) is 0.445. The lowest BCUT2D eigenvalue weighted by molar-refractivity contribution is -0.143. The molecule has 1 aliphatic rings. The summed E-state index contributed by atoms with van der Waals surface area (Å²) in [6.45, 7) is 5.83. The second kappa shape index (κ2) is 11.7. The van der Waals surface area contributed by atoms with Crippen molar-refractivity contribution in [2.45, 2.75) is 64.5 Å². The molecule has 7 heteroatoms. The Morgan fingerprint density at radius 2 is 1.56 bits per heavy atom. The molecule has 0 aromatic heterocycles. The number of rotatable bonds is 11. The van der Waals surface area contributed by atoms with E-state index in [1.807, 2.05) is 38.1 Å². The Kier molecular flexibility index (Phi) is 8.68. The normalized spacial score (nSPS) is 14.9. The zero-order valence-electron chi connectivity index (χ0n) is 20.0. The maximum absolute atomic E-state index is 12.6. The lowest BCUT2D eigenvalue weighted by Gasteiger charge is -2.23. The van der Waals surface area contributed by atoms with Crippen molar-refractivity contribution in [1.29, 1.82) is 0 Å². The molecule has 7 nitrogen and oxygen atoms in total. The zero-order chi connectivity index (χ0) is 24.7. The number of carbonyl (C=O) groups excluding carboxylic acids is 2. The van der Waals surface area contributed by atoms with Crippen LogP contribution in [0, 0.1) is 5.92 Å². The molecule has 0 bridgehead atoms. The van der Waals surface area contributed by atoms with Crippen molar-refractivity contribution < 1.29 is 24.2 Å². The molecule has 34 heavy (non-hydrogen) atoms. The van der Waals surface area contributed by atoms with Crippen molar-refractivity contribution in [3.8, 4) is 11.1 Å². The summed E-state index contributed by atoms with van der Waals surface area (Å²) < 4.78 is 5.60. The number of alkyl carbamates (subject to hydrolysis) is 1. The third-order valence-corrected chi connectivity index (χ3v) is 6.53. The van der Waals surface area contributed by atoms with Crippen LogP contribution in [0.1, 0.15) is 63.5 Å². The van der Waals surface area contributed by atoms with Crippen LogP contribution in [-0.2, 0) is 14.3 Å². The molecule has 0 unspecified atom stereocenters. The lowest BCUT2D eigenvalue weighted by Crippen LogP contribution is -2.47. The average Bonchev–Trinajstić information content (AvgIpc) is 3.14. The summed E-state index contributed by atoms with van der Waals surface area (Å²) in [6, 6.07) is 14.9. The largest absolute Gasteiger partial charge is 0.480 e. The molecular weight excluding hydrogens is 432 g/mol. The Balaban J connectivity index is 1.59. The molecule has 3 N–H and O–H groups in total. The first-order valence-electron chi connectivity index (χ1n) is 12.0. The molecular formula is C27H34N2O5. The minimum absolute atomic E-state index is 0.00174. The molecule has 0 fully saturated rings. The van der Waals surface area contributed by atoms with Crippen LogP contribution < -0.4 is 10.6 Å². The number of carboxylic acid groups (broad SMARTS) is 1. The summed E-state index contributed by atoms with van der Waals surface area (Å²) in [4.78, 5) is 36.6. The van der Waals surface area contributed by atoms with Gasteiger partial charge in [-0.2, -0.15) is 0 Å². The Hall–Kier alpha value is -3.35. The standard InChI is InChI=1S/C27H34N2O5/c1-4-10-18(15-24(30)29-25(26(31)32)17(3)5-2)28-27(33)34-16-23-21-13-8-6-11-19(21)20-12-7-9-14-22(20)23/h6-9,11-14,17-18,23,25H,4-5,10,15-16H2,1-3H3,(H,28,33)(H,29,30)(H,31,32)/t17-,18+,25-/m0/s1. The van der Waals surface area contributed by atoms with Gasteiger partial charge in [-0.3, -0.25) is 4.79 Å². The van der Waals surface area contributed by atoms with E-state index < -0.39 is 30.1 Å². The number of benzene rings is 2. The van der Waals surface area contributed by atoms with Crippen molar-refractivity contribution in [3.63, 3.8) is 0 Å². The fraction of sp³-hybridized carbons (Fsp3) is 0.444. The van der Waals surface area contributed by atoms with Crippen LogP contribution in [0.5, 0.6) is 0 Å². The van der Waals surface area contributed by atoms with Gasteiger partial charge in [-0.05, 0) is 34.6 Å². The number of amides is 2. The van der Waals surface area contributed by atoms with Crippen molar-refractivity contribution >= 4 is 18.0 Å². The molecule has 0 heterocycles. The number of carboxylic acids is 1. The molecule has 182 valence electrons. The van der Waals surface area contributed by atoms with E-state index in [2.05, 4.69) is 34.9 Å². The van der Waals surface area contributed by atoms with Crippen molar-refractivity contribution in [1.82, 2.24) is 10.6 Å². The minimum atomic E-state index is -1.06. The highest BCUT2D eigenvalue weighted by molar-refractivity contribution is 5.84. The smallest absolute Gasteiger partial charge is 0.407 e. The van der Waals surface area contributed by atoms with Crippen molar-refractivity contribution in [3.05, 3.63) is 59.7 Å². The van der Waals surface area contributed by atoms with Gasteiger partial charge in [0.2, 0.25) is 5.91 Å². The van der Waals surface area contributed by atoms with Crippen LogP contribution in [0.2, 0.25) is 0 Å². The molecule has 0 aliphatic heterocycles. The van der Waals surface area contributed by atoms with Crippen LogP contribution in [0.15, 0.2) is 48.5 Å². The monoisotopic (exact) mass is 466 g/mol. The maximum Gasteiger partial charge on any atom is 0.407 e. The summed E-state index contributed by atoms with van der Waals surface area (Å²) in [5, 5.41) is 14.8. The molecule has 3 atom stereocenters. The van der Waals surface area contributed by atoms with Crippen LogP contribution in [0.4, 0.5) is 4.79 Å². The summed E-state index contributed by atoms with van der Waals surface area (Å²) in [7, 11) is 0. The predicted molar refractivity (Wildman–Crippen MR) is 131 cm³/mol. The van der Waals surface area contributed by atoms with Gasteiger partial charge in [0, 0.05) is 18.4 Å². The number of hydrogen-bond acceptors (Lipinski definition) is 4. The van der Waals surface area contributed by atoms with Crippen LogP contribution in [0.3, 0.4) is 0 Å². The van der Waals surface area contributed by atoms with E-state index in [1.54, 1.807) is 6.92 Å². The van der Waals surface area contributed by atoms with Gasteiger partial charge in [0.05, 0.1) is 0 Å². The fourth-order valence-electron chi connectivity index (χ4n) is 4.52. The van der Waals surface area contributed by atoms with Gasteiger partial charge < -0.3 is 20.5 Å². The number of hydrogen-bond donors (Lipinski definition) is 3. The number of nitrogens with one attached hydrogen (secondary N) is 2. The summed E-state index contributed by atoms with van der Waals surface area (Å²) in [6.07, 6.45) is 1.39. The number of carbonyl (C=O) groups is 3. The Morgan fingerprint density at radius 3 is 2.09 bits per heavy atom. The molecule has 1 aliphatic carbocycles. The van der Waals surface area contributed by atoms with Gasteiger partial charge in [0.1, 0.15) is 12.6 Å². The second-order valence-electron chi connectivity index (χ2n) is 8.93. The van der Waals surface area contributed by atoms with E-state index >= 15 is 0 Å². The van der Waals surface area contributed by atoms with Gasteiger partial charge in [0.15, 0.2) is 0 Å². The highest BCUT2D eigenvalue weighted by Crippen LogP contribution is 2.44. The van der Waals surface area contributed by atoms with Crippen LogP contribution >= 0.6 is 0 Å². The van der Waals surface area contributed by atoms with Gasteiger partial charge in [-0.1, -0.05) is 82.1 Å². The third-order valence-electron chi connectivity index (χ3n) is 6.53. The van der Waals surface area contributed by atoms with Crippen molar-refractivity contribution in [2.24, 2.45) is 5.92 Å². The fourth-order valence-corrected chi connectivity index (χ4v) is 4.52. The third kappa shape index (κ3) is 5.95. The zero-order valence-corrected chi connectivity index (χ0v) is 20.0. The highest BCUT2D eigenvalue weighted by atomic mass is 16.5. The van der Waals surface area contributed by atoms with Crippen LogP contribution in [0.25, 0.3) is 11.1 Å². The molecule has 2 aromatic carbocycles. The first-order valence-corrected chi connectivity index (χ1v) is 12.0. The molecule has 2 aromatic rings. The first kappa shape index (κ1) is 25.3.